The van der Waals surface area contributed by atoms with Crippen LogP contribution in [-0.2, 0) is 0 Å². The molecule has 1 aliphatic rings. The molecular weight excluding hydrogens is 192 g/mol. The molecule has 5 heteroatoms. The Kier molecular flexibility index (Phi) is 1.55. The fourth-order valence-electron chi connectivity index (χ4n) is 1.88. The first kappa shape index (κ1) is 8.64. The molecule has 1 N–H and O–H groups in total. The van der Waals surface area contributed by atoms with E-state index in [-0.39, 0.29) is 5.56 Å². The Labute approximate surface area is 86.2 Å². The zero-order valence-corrected chi connectivity index (χ0v) is 8.74. The third-order valence-corrected chi connectivity index (χ3v) is 2.83. The third-order valence-electron chi connectivity index (χ3n) is 2.83. The van der Waals surface area contributed by atoms with E-state index in [0.29, 0.717) is 17.5 Å². The number of H-pyrrole nitrogens is 1. The smallest absolute Gasteiger partial charge is 0.275 e. The Bertz CT molecular complexity index is 591. The summed E-state index contributed by atoms with van der Waals surface area (Å²) >= 11 is 0. The highest BCUT2D eigenvalue weighted by molar-refractivity contribution is 5.34. The molecule has 1 saturated carbocycles. The Morgan fingerprint density at radius 1 is 1.33 bits per heavy atom. The molecule has 15 heavy (non-hydrogen) atoms. The number of hydrogen-bond donors (Lipinski definition) is 1. The summed E-state index contributed by atoms with van der Waals surface area (Å²) in [5.74, 6) is 1.69. The highest BCUT2D eigenvalue weighted by Crippen LogP contribution is 2.39. The molecule has 0 spiro atoms. The van der Waals surface area contributed by atoms with Crippen LogP contribution in [0.4, 0.5) is 0 Å². The highest BCUT2D eigenvalue weighted by atomic mass is 16.1. The van der Waals surface area contributed by atoms with Crippen molar-refractivity contribution in [1.29, 1.82) is 0 Å². The Hall–Kier alpha value is -1.65. The summed E-state index contributed by atoms with van der Waals surface area (Å²) < 4.78 is 1.41. The van der Waals surface area contributed by atoms with Gasteiger partial charge in [0, 0.05) is 11.5 Å². The summed E-state index contributed by atoms with van der Waals surface area (Å²) in [7, 11) is 0. The number of aryl methyl sites for hydroxylation is 1. The zero-order valence-electron chi connectivity index (χ0n) is 8.74. The van der Waals surface area contributed by atoms with E-state index < -0.39 is 0 Å². The fourth-order valence-corrected chi connectivity index (χ4v) is 1.88. The standard InChI is InChI=1S/C10H12N4O/c1-5-8(7-3-4-7)12-10-11-6(2)13-14(10)9(5)15/h7H,3-4H2,1-2H3,(H,11,12,13). The van der Waals surface area contributed by atoms with Gasteiger partial charge in [-0.2, -0.15) is 9.50 Å². The van der Waals surface area contributed by atoms with Crippen molar-refractivity contribution < 1.29 is 0 Å². The molecular formula is C10H12N4O. The quantitative estimate of drug-likeness (QED) is 0.751. The SMILES string of the molecule is Cc1nc2nc(C3CC3)c(C)c(=O)n2[nH]1. The van der Waals surface area contributed by atoms with Gasteiger partial charge in [0.05, 0.1) is 5.69 Å². The predicted octanol–water partition coefficient (Wildman–Crippen LogP) is 0.912. The minimum absolute atomic E-state index is 0.0255. The molecule has 5 nitrogen and oxygen atoms in total. The summed E-state index contributed by atoms with van der Waals surface area (Å²) in [6, 6.07) is 0. The van der Waals surface area contributed by atoms with Crippen molar-refractivity contribution in [1.82, 2.24) is 19.6 Å². The maximum absolute atomic E-state index is 11.9. The molecule has 3 rings (SSSR count). The largest absolute Gasteiger partial charge is 0.277 e. The van der Waals surface area contributed by atoms with Gasteiger partial charge in [-0.15, -0.1) is 0 Å². The summed E-state index contributed by atoms with van der Waals surface area (Å²) in [6.07, 6.45) is 2.29. The van der Waals surface area contributed by atoms with Gasteiger partial charge in [-0.25, -0.2) is 4.98 Å². The van der Waals surface area contributed by atoms with Gasteiger partial charge < -0.3 is 0 Å². The molecule has 0 atom stereocenters. The first-order valence-electron chi connectivity index (χ1n) is 5.12. The van der Waals surface area contributed by atoms with Crippen molar-refractivity contribution >= 4 is 5.78 Å². The molecule has 0 aliphatic heterocycles. The average Bonchev–Trinajstić information content (AvgIpc) is 2.96. The maximum Gasteiger partial charge on any atom is 0.277 e. The number of aromatic nitrogens is 4. The zero-order chi connectivity index (χ0) is 10.6. The second-order valence-electron chi connectivity index (χ2n) is 4.15. The minimum Gasteiger partial charge on any atom is -0.275 e. The van der Waals surface area contributed by atoms with E-state index in [1.165, 1.54) is 4.52 Å². The van der Waals surface area contributed by atoms with Crippen LogP contribution in [0.3, 0.4) is 0 Å². The molecule has 2 aromatic rings. The Morgan fingerprint density at radius 2 is 2.07 bits per heavy atom. The van der Waals surface area contributed by atoms with Crippen LogP contribution in [0.15, 0.2) is 4.79 Å². The van der Waals surface area contributed by atoms with Crippen molar-refractivity contribution in [2.75, 3.05) is 0 Å². The second kappa shape index (κ2) is 2.68. The molecule has 0 bridgehead atoms. The molecule has 0 amide bonds. The molecule has 0 radical (unpaired) electrons. The lowest BCUT2D eigenvalue weighted by Crippen LogP contribution is -2.20. The average molecular weight is 204 g/mol. The Morgan fingerprint density at radius 3 is 2.73 bits per heavy atom. The van der Waals surface area contributed by atoms with Crippen LogP contribution in [0, 0.1) is 13.8 Å². The lowest BCUT2D eigenvalue weighted by Gasteiger charge is -2.01. The van der Waals surface area contributed by atoms with E-state index in [1.54, 1.807) is 0 Å². The van der Waals surface area contributed by atoms with Crippen LogP contribution >= 0.6 is 0 Å². The van der Waals surface area contributed by atoms with Crippen molar-refractivity contribution in [2.24, 2.45) is 0 Å². The van der Waals surface area contributed by atoms with Crippen LogP contribution in [0.2, 0.25) is 0 Å². The predicted molar refractivity (Wildman–Crippen MR) is 55.1 cm³/mol. The topological polar surface area (TPSA) is 63.1 Å². The van der Waals surface area contributed by atoms with Crippen molar-refractivity contribution in [3.8, 4) is 0 Å². The van der Waals surface area contributed by atoms with Crippen molar-refractivity contribution in [3.05, 3.63) is 27.4 Å². The van der Waals surface area contributed by atoms with E-state index in [0.717, 1.165) is 24.1 Å². The van der Waals surface area contributed by atoms with Gasteiger partial charge >= 0.3 is 0 Å². The lowest BCUT2D eigenvalue weighted by atomic mass is 10.2. The number of fused-ring (bicyclic) bond motifs is 1. The summed E-state index contributed by atoms with van der Waals surface area (Å²) in [6.45, 7) is 3.66. The van der Waals surface area contributed by atoms with E-state index in [2.05, 4.69) is 15.1 Å². The first-order chi connectivity index (χ1) is 7.16. The van der Waals surface area contributed by atoms with Gasteiger partial charge in [0.25, 0.3) is 11.3 Å². The molecule has 0 unspecified atom stereocenters. The maximum atomic E-state index is 11.9. The van der Waals surface area contributed by atoms with E-state index >= 15 is 0 Å². The van der Waals surface area contributed by atoms with Gasteiger partial charge in [-0.1, -0.05) is 0 Å². The van der Waals surface area contributed by atoms with Crippen LogP contribution in [0.5, 0.6) is 0 Å². The van der Waals surface area contributed by atoms with Crippen LogP contribution in [0.25, 0.3) is 5.78 Å². The molecule has 1 aliphatic carbocycles. The Balaban J connectivity index is 2.39. The summed E-state index contributed by atoms with van der Waals surface area (Å²) in [4.78, 5) is 20.6. The van der Waals surface area contributed by atoms with Gasteiger partial charge in [-0.05, 0) is 26.7 Å². The lowest BCUT2D eigenvalue weighted by molar-refractivity contribution is 0.842. The molecule has 1 fully saturated rings. The van der Waals surface area contributed by atoms with Crippen LogP contribution in [-0.4, -0.2) is 19.6 Å². The first-order valence-corrected chi connectivity index (χ1v) is 5.12. The fraction of sp³-hybridized carbons (Fsp3) is 0.500. The second-order valence-corrected chi connectivity index (χ2v) is 4.15. The summed E-state index contributed by atoms with van der Waals surface area (Å²) in [5, 5.41) is 2.88. The highest BCUT2D eigenvalue weighted by Gasteiger charge is 2.28. The number of aromatic amines is 1. The van der Waals surface area contributed by atoms with E-state index in [1.807, 2.05) is 13.8 Å². The third kappa shape index (κ3) is 1.19. The van der Waals surface area contributed by atoms with Gasteiger partial charge in [0.15, 0.2) is 0 Å². The molecule has 78 valence electrons. The minimum atomic E-state index is -0.0255. The molecule has 2 heterocycles. The van der Waals surface area contributed by atoms with Gasteiger partial charge in [0.2, 0.25) is 0 Å². The van der Waals surface area contributed by atoms with E-state index in [9.17, 15) is 4.79 Å². The number of nitrogens with one attached hydrogen (secondary N) is 1. The molecule has 0 saturated heterocycles. The van der Waals surface area contributed by atoms with Crippen molar-refractivity contribution in [2.45, 2.75) is 32.6 Å². The normalized spacial score (nSPS) is 16.1. The molecule has 2 aromatic heterocycles. The molecule has 0 aromatic carbocycles. The van der Waals surface area contributed by atoms with Crippen molar-refractivity contribution in [3.63, 3.8) is 0 Å². The van der Waals surface area contributed by atoms with E-state index in [4.69, 9.17) is 0 Å². The number of nitrogens with zero attached hydrogens (tertiary/aromatic N) is 3. The van der Waals surface area contributed by atoms with Crippen LogP contribution in [0.1, 0.15) is 35.8 Å². The van der Waals surface area contributed by atoms with Crippen LogP contribution < -0.4 is 5.56 Å². The number of rotatable bonds is 1. The number of hydrogen-bond acceptors (Lipinski definition) is 3. The van der Waals surface area contributed by atoms with Gasteiger partial charge in [-0.3, -0.25) is 9.89 Å². The monoisotopic (exact) mass is 204 g/mol. The summed E-state index contributed by atoms with van der Waals surface area (Å²) in [5.41, 5.74) is 1.66. The van der Waals surface area contributed by atoms with Gasteiger partial charge in [0.1, 0.15) is 5.82 Å².